The van der Waals surface area contributed by atoms with Gasteiger partial charge in [0.15, 0.2) is 0 Å². The number of urea groups is 1. The van der Waals surface area contributed by atoms with E-state index in [0.717, 1.165) is 25.0 Å². The maximum atomic E-state index is 12.1. The van der Waals surface area contributed by atoms with Gasteiger partial charge in [0.25, 0.3) is 0 Å². The van der Waals surface area contributed by atoms with Gasteiger partial charge in [-0.3, -0.25) is 0 Å². The fourth-order valence-corrected chi connectivity index (χ4v) is 2.75. The van der Waals surface area contributed by atoms with E-state index < -0.39 is 12.4 Å². The molecule has 0 saturated heterocycles. The second kappa shape index (κ2) is 6.43. The van der Waals surface area contributed by atoms with Crippen molar-refractivity contribution in [3.8, 4) is 5.75 Å². The monoisotopic (exact) mass is 336 g/mol. The molecular weight excluding hydrogens is 321 g/mol. The molecule has 0 fully saturated rings. The van der Waals surface area contributed by atoms with Gasteiger partial charge >= 0.3 is 12.4 Å². The predicted molar refractivity (Wildman–Crippen MR) is 82.9 cm³/mol. The molecule has 2 N–H and O–H groups in total. The van der Waals surface area contributed by atoms with E-state index in [1.165, 1.54) is 23.3 Å². The molecule has 0 unspecified atom stereocenters. The molecule has 0 radical (unpaired) electrons. The number of carbonyl (C=O) groups is 1. The highest BCUT2D eigenvalue weighted by Crippen LogP contribution is 2.24. The molecule has 0 aliphatic heterocycles. The first-order valence-corrected chi connectivity index (χ1v) is 7.39. The third-order valence-corrected chi connectivity index (χ3v) is 3.73. The van der Waals surface area contributed by atoms with Crippen molar-refractivity contribution in [2.45, 2.75) is 25.2 Å². The van der Waals surface area contributed by atoms with Crippen LogP contribution in [0.2, 0.25) is 0 Å². The van der Waals surface area contributed by atoms with Crippen LogP contribution >= 0.6 is 0 Å². The summed E-state index contributed by atoms with van der Waals surface area (Å²) in [4.78, 5) is 12.0. The van der Waals surface area contributed by atoms with Crippen LogP contribution < -0.4 is 15.4 Å². The lowest BCUT2D eigenvalue weighted by molar-refractivity contribution is -0.274. The molecule has 0 heterocycles. The highest BCUT2D eigenvalue weighted by atomic mass is 19.4. The van der Waals surface area contributed by atoms with Gasteiger partial charge in [-0.05, 0) is 48.2 Å². The quantitative estimate of drug-likeness (QED) is 0.894. The lowest BCUT2D eigenvalue weighted by atomic mass is 10.1. The Morgan fingerprint density at radius 1 is 1.00 bits per heavy atom. The fraction of sp³-hybridized carbons (Fsp3) is 0.235. The van der Waals surface area contributed by atoms with Crippen molar-refractivity contribution in [2.24, 2.45) is 0 Å². The first-order valence-electron chi connectivity index (χ1n) is 7.39. The summed E-state index contributed by atoms with van der Waals surface area (Å²) in [6, 6.07) is 12.6. The van der Waals surface area contributed by atoms with E-state index in [1.54, 1.807) is 0 Å². The van der Waals surface area contributed by atoms with Crippen LogP contribution in [0.15, 0.2) is 48.5 Å². The number of hydrogen-bond donors (Lipinski definition) is 2. The highest BCUT2D eigenvalue weighted by Gasteiger charge is 2.31. The van der Waals surface area contributed by atoms with Crippen molar-refractivity contribution in [1.29, 1.82) is 0 Å². The minimum absolute atomic E-state index is 0.00948. The maximum absolute atomic E-state index is 12.1. The van der Waals surface area contributed by atoms with Gasteiger partial charge in [0.2, 0.25) is 0 Å². The zero-order valence-electron chi connectivity index (χ0n) is 12.6. The van der Waals surface area contributed by atoms with Crippen LogP contribution in [0.25, 0.3) is 0 Å². The summed E-state index contributed by atoms with van der Waals surface area (Å²) in [6.45, 7) is 0. The number of benzene rings is 2. The van der Waals surface area contributed by atoms with Crippen LogP contribution in [-0.4, -0.2) is 18.4 Å². The number of carbonyl (C=O) groups excluding carboxylic acids is 1. The second-order valence-electron chi connectivity index (χ2n) is 5.54. The summed E-state index contributed by atoms with van der Waals surface area (Å²) in [5.74, 6) is -0.334. The first kappa shape index (κ1) is 16.2. The molecule has 24 heavy (non-hydrogen) atoms. The fourth-order valence-electron chi connectivity index (χ4n) is 2.75. The molecule has 0 aromatic heterocycles. The van der Waals surface area contributed by atoms with Gasteiger partial charge in [-0.15, -0.1) is 13.2 Å². The van der Waals surface area contributed by atoms with Crippen LogP contribution in [0.5, 0.6) is 5.75 Å². The molecule has 0 spiro atoms. The summed E-state index contributed by atoms with van der Waals surface area (Å²) >= 11 is 0. The zero-order chi connectivity index (χ0) is 17.2. The number of amides is 2. The topological polar surface area (TPSA) is 50.4 Å². The minimum Gasteiger partial charge on any atom is -0.406 e. The molecule has 2 amide bonds. The van der Waals surface area contributed by atoms with E-state index in [1.807, 2.05) is 24.3 Å². The molecule has 0 bridgehead atoms. The molecule has 0 atom stereocenters. The van der Waals surface area contributed by atoms with E-state index in [4.69, 9.17) is 0 Å². The van der Waals surface area contributed by atoms with Gasteiger partial charge in [0.1, 0.15) is 5.75 Å². The lowest BCUT2D eigenvalue weighted by Gasteiger charge is -2.14. The van der Waals surface area contributed by atoms with Crippen molar-refractivity contribution in [3.05, 3.63) is 59.7 Å². The molecular formula is C17H15F3N2O2. The van der Waals surface area contributed by atoms with E-state index in [9.17, 15) is 18.0 Å². The van der Waals surface area contributed by atoms with Crippen molar-refractivity contribution in [2.75, 3.05) is 5.32 Å². The van der Waals surface area contributed by atoms with Gasteiger partial charge in [-0.1, -0.05) is 24.3 Å². The van der Waals surface area contributed by atoms with Crippen LogP contribution in [0, 0.1) is 0 Å². The first-order chi connectivity index (χ1) is 11.4. The van der Waals surface area contributed by atoms with Crippen LogP contribution in [-0.2, 0) is 12.8 Å². The number of halogens is 3. The number of hydrogen-bond acceptors (Lipinski definition) is 2. The predicted octanol–water partition coefficient (Wildman–Crippen LogP) is 3.87. The third-order valence-electron chi connectivity index (χ3n) is 3.73. The molecule has 7 heteroatoms. The average Bonchev–Trinajstić information content (AvgIpc) is 2.89. The molecule has 3 rings (SSSR count). The highest BCUT2D eigenvalue weighted by molar-refractivity contribution is 5.89. The number of anilines is 1. The number of rotatable bonds is 3. The van der Waals surface area contributed by atoms with Crippen molar-refractivity contribution >= 4 is 11.7 Å². The largest absolute Gasteiger partial charge is 0.573 e. The van der Waals surface area contributed by atoms with E-state index >= 15 is 0 Å². The number of ether oxygens (including phenoxy) is 1. The minimum atomic E-state index is -4.73. The smallest absolute Gasteiger partial charge is 0.406 e. The molecule has 1 aliphatic rings. The summed E-state index contributed by atoms with van der Waals surface area (Å²) in [6.07, 6.45) is -3.20. The third kappa shape index (κ3) is 4.18. The second-order valence-corrected chi connectivity index (χ2v) is 5.54. The van der Waals surface area contributed by atoms with Gasteiger partial charge in [-0.2, -0.15) is 0 Å². The van der Waals surface area contributed by atoms with E-state index in [2.05, 4.69) is 15.4 Å². The molecule has 2 aromatic rings. The summed E-state index contributed by atoms with van der Waals surface area (Å²) in [5, 5.41) is 5.46. The van der Waals surface area contributed by atoms with Gasteiger partial charge in [0, 0.05) is 11.7 Å². The summed E-state index contributed by atoms with van der Waals surface area (Å²) in [5.41, 5.74) is 2.82. The van der Waals surface area contributed by atoms with Crippen LogP contribution in [0.4, 0.5) is 23.7 Å². The normalized spacial score (nSPS) is 14.1. The average molecular weight is 336 g/mol. The van der Waals surface area contributed by atoms with Crippen molar-refractivity contribution in [1.82, 2.24) is 5.32 Å². The van der Waals surface area contributed by atoms with Crippen molar-refractivity contribution < 1.29 is 22.7 Å². The standard InChI is InChI=1S/C17H15F3N2O2/c18-17(19,20)24-15-7-5-13(6-8-15)21-16(23)22-14-9-11-3-1-2-4-12(11)10-14/h1-8,14H,9-10H2,(H2,21,22,23). The molecule has 2 aromatic carbocycles. The van der Waals surface area contributed by atoms with Gasteiger partial charge in [0.05, 0.1) is 0 Å². The Hall–Kier alpha value is -2.70. The Morgan fingerprint density at radius 3 is 2.12 bits per heavy atom. The molecule has 1 aliphatic carbocycles. The molecule has 126 valence electrons. The van der Waals surface area contributed by atoms with Gasteiger partial charge in [-0.25, -0.2) is 4.79 Å². The van der Waals surface area contributed by atoms with Crippen molar-refractivity contribution in [3.63, 3.8) is 0 Å². The SMILES string of the molecule is O=C(Nc1ccc(OC(F)(F)F)cc1)NC1Cc2ccccc2C1. The van der Waals surface area contributed by atoms with Gasteiger partial charge < -0.3 is 15.4 Å². The van der Waals surface area contributed by atoms with E-state index in [-0.39, 0.29) is 11.8 Å². The molecule has 0 saturated carbocycles. The van der Waals surface area contributed by atoms with Crippen LogP contribution in [0.3, 0.4) is 0 Å². The Kier molecular flexibility index (Phi) is 4.33. The number of fused-ring (bicyclic) bond motifs is 1. The zero-order valence-corrected chi connectivity index (χ0v) is 12.6. The Labute approximate surface area is 136 Å². The maximum Gasteiger partial charge on any atom is 0.573 e. The Balaban J connectivity index is 1.52. The lowest BCUT2D eigenvalue weighted by Crippen LogP contribution is -2.38. The van der Waals surface area contributed by atoms with E-state index in [0.29, 0.717) is 5.69 Å². The van der Waals surface area contributed by atoms with Crippen LogP contribution in [0.1, 0.15) is 11.1 Å². The Bertz CT molecular complexity index is 704. The number of alkyl halides is 3. The summed E-state index contributed by atoms with van der Waals surface area (Å²) in [7, 11) is 0. The number of nitrogens with one attached hydrogen (secondary N) is 2. The summed E-state index contributed by atoms with van der Waals surface area (Å²) < 4.78 is 40.0. The Morgan fingerprint density at radius 2 is 1.58 bits per heavy atom. The molecule has 4 nitrogen and oxygen atoms in total.